The summed E-state index contributed by atoms with van der Waals surface area (Å²) in [5.74, 6) is 0.0121. The number of benzene rings is 2. The number of imide groups is 1. The first kappa shape index (κ1) is 34.6. The van der Waals surface area contributed by atoms with Crippen molar-refractivity contribution < 1.29 is 27.9 Å². The Labute approximate surface area is 260 Å². The van der Waals surface area contributed by atoms with Crippen LogP contribution in [0.3, 0.4) is 0 Å². The van der Waals surface area contributed by atoms with E-state index in [1.165, 1.54) is 4.90 Å². The third-order valence-corrected chi connectivity index (χ3v) is 18.1. The maximum Gasteiger partial charge on any atom is 0.417 e. The summed E-state index contributed by atoms with van der Waals surface area (Å²) >= 11 is 0. The normalized spacial score (nSPS) is 17.7. The maximum atomic E-state index is 14.3. The molecule has 1 aliphatic heterocycles. The molecular weight excluding hydrogens is 575 g/mol. The fraction of sp³-hybridized carbons (Fsp3) is 0.529. The van der Waals surface area contributed by atoms with Crippen LogP contribution in [-0.2, 0) is 20.4 Å². The molecule has 3 rings (SSSR count). The van der Waals surface area contributed by atoms with Crippen molar-refractivity contribution in [3.8, 4) is 11.5 Å². The molecule has 2 aromatic carbocycles. The number of amides is 2. The van der Waals surface area contributed by atoms with Crippen molar-refractivity contribution >= 4 is 28.6 Å². The fourth-order valence-corrected chi connectivity index (χ4v) is 6.79. The van der Waals surface area contributed by atoms with E-state index < -0.39 is 40.8 Å². The van der Waals surface area contributed by atoms with E-state index in [1.54, 1.807) is 13.2 Å². The van der Waals surface area contributed by atoms with Crippen LogP contribution < -0.4 is 9.16 Å². The molecule has 1 heterocycles. The topological polar surface area (TPSA) is 74.3 Å². The van der Waals surface area contributed by atoms with Crippen LogP contribution in [0.4, 0.5) is 4.79 Å². The number of carbonyl (C=O) groups is 2. The number of hydrogen-bond donors (Lipinski definition) is 0. The number of carbonyl (C=O) groups excluding carboxylic acids is 2. The first-order valence-corrected chi connectivity index (χ1v) is 20.9. The highest BCUT2D eigenvalue weighted by Gasteiger charge is 2.47. The van der Waals surface area contributed by atoms with Gasteiger partial charge in [-0.2, -0.15) is 0 Å². The summed E-state index contributed by atoms with van der Waals surface area (Å²) in [6, 6.07) is 15.1. The Morgan fingerprint density at radius 2 is 1.60 bits per heavy atom. The van der Waals surface area contributed by atoms with Crippen LogP contribution in [0.15, 0.2) is 61.2 Å². The lowest BCUT2D eigenvalue weighted by Gasteiger charge is -2.41. The smallest absolute Gasteiger partial charge is 0.417 e. The molecule has 3 atom stereocenters. The molecule has 1 aliphatic rings. The van der Waals surface area contributed by atoms with Gasteiger partial charge in [0.05, 0.1) is 25.2 Å². The van der Waals surface area contributed by atoms with E-state index >= 15 is 0 Å². The summed E-state index contributed by atoms with van der Waals surface area (Å²) < 4.78 is 24.8. The fourth-order valence-electron chi connectivity index (χ4n) is 4.50. The van der Waals surface area contributed by atoms with Gasteiger partial charge in [0.1, 0.15) is 12.4 Å². The van der Waals surface area contributed by atoms with Gasteiger partial charge < -0.3 is 18.3 Å². The minimum absolute atomic E-state index is 0.00560. The van der Waals surface area contributed by atoms with Crippen LogP contribution in [0.1, 0.15) is 58.8 Å². The minimum atomic E-state index is -2.41. The van der Waals surface area contributed by atoms with Crippen molar-refractivity contribution in [2.24, 2.45) is 5.92 Å². The van der Waals surface area contributed by atoms with Crippen molar-refractivity contribution in [2.75, 3.05) is 13.7 Å². The number of methoxy groups -OCH3 is 1. The SMILES string of the molecule is C=C[C@H](C(=O)N1C(=O)OC[C@@H]1Cc1ccccc1)[C@H](O[Si](C)(C)C(C)(C)C)c1ccc(O[Si](C)(C)C(C)(C)C)c(OC)c1. The lowest BCUT2D eigenvalue weighted by atomic mass is 9.93. The van der Waals surface area contributed by atoms with Crippen molar-refractivity contribution in [3.05, 3.63) is 72.3 Å². The molecule has 0 unspecified atom stereocenters. The van der Waals surface area contributed by atoms with E-state index in [0.717, 1.165) is 11.1 Å². The number of ether oxygens (including phenoxy) is 2. The molecule has 0 aromatic heterocycles. The highest BCUT2D eigenvalue weighted by Crippen LogP contribution is 2.45. The Bertz CT molecular complexity index is 1300. The summed E-state index contributed by atoms with van der Waals surface area (Å²) in [5.41, 5.74) is 1.78. The van der Waals surface area contributed by atoms with Gasteiger partial charge in [0, 0.05) is 0 Å². The molecule has 236 valence electrons. The molecular formula is C34H51NO6Si2. The van der Waals surface area contributed by atoms with Crippen LogP contribution in [0.25, 0.3) is 0 Å². The first-order chi connectivity index (χ1) is 19.8. The quantitative estimate of drug-likeness (QED) is 0.184. The van der Waals surface area contributed by atoms with Crippen LogP contribution in [0.5, 0.6) is 11.5 Å². The molecule has 0 aliphatic carbocycles. The summed E-state index contributed by atoms with van der Waals surface area (Å²) in [6.45, 7) is 25.9. The van der Waals surface area contributed by atoms with Crippen molar-refractivity contribution in [3.63, 3.8) is 0 Å². The Balaban J connectivity index is 2.06. The van der Waals surface area contributed by atoms with Crippen LogP contribution in [0, 0.1) is 5.92 Å². The highest BCUT2D eigenvalue weighted by molar-refractivity contribution is 6.75. The predicted octanol–water partition coefficient (Wildman–Crippen LogP) is 8.53. The van der Waals surface area contributed by atoms with E-state index in [-0.39, 0.29) is 22.6 Å². The number of cyclic esters (lactones) is 1. The van der Waals surface area contributed by atoms with Gasteiger partial charge in [0.25, 0.3) is 8.32 Å². The van der Waals surface area contributed by atoms with Gasteiger partial charge in [0.15, 0.2) is 14.1 Å². The highest BCUT2D eigenvalue weighted by atomic mass is 28.4. The van der Waals surface area contributed by atoms with Gasteiger partial charge >= 0.3 is 6.09 Å². The molecule has 0 spiro atoms. The summed E-state index contributed by atoms with van der Waals surface area (Å²) in [5, 5.41) is -0.121. The second kappa shape index (κ2) is 13.0. The molecule has 0 saturated carbocycles. The zero-order valence-corrected chi connectivity index (χ0v) is 29.9. The van der Waals surface area contributed by atoms with E-state index in [1.807, 2.05) is 48.5 Å². The second-order valence-electron chi connectivity index (χ2n) is 14.5. The third-order valence-electron chi connectivity index (χ3n) is 9.29. The molecule has 1 saturated heterocycles. The molecule has 0 radical (unpaired) electrons. The van der Waals surface area contributed by atoms with E-state index in [2.05, 4.69) is 74.3 Å². The van der Waals surface area contributed by atoms with Crippen molar-refractivity contribution in [2.45, 2.75) is 96.4 Å². The van der Waals surface area contributed by atoms with E-state index in [0.29, 0.717) is 17.9 Å². The zero-order chi connectivity index (χ0) is 32.4. The Morgan fingerprint density at radius 1 is 1.00 bits per heavy atom. The predicted molar refractivity (Wildman–Crippen MR) is 178 cm³/mol. The number of nitrogens with zero attached hydrogens (tertiary/aromatic N) is 1. The lowest BCUT2D eigenvalue weighted by Crippen LogP contribution is -2.48. The number of rotatable bonds is 11. The first-order valence-electron chi connectivity index (χ1n) is 15.0. The van der Waals surface area contributed by atoms with Gasteiger partial charge in [0.2, 0.25) is 5.91 Å². The van der Waals surface area contributed by atoms with Gasteiger partial charge in [-0.15, -0.1) is 6.58 Å². The molecule has 7 nitrogen and oxygen atoms in total. The minimum Gasteiger partial charge on any atom is -0.541 e. The van der Waals surface area contributed by atoms with Crippen LogP contribution >= 0.6 is 0 Å². The summed E-state index contributed by atoms with van der Waals surface area (Å²) in [7, 11) is -2.94. The van der Waals surface area contributed by atoms with Gasteiger partial charge in [-0.1, -0.05) is 84.0 Å². The van der Waals surface area contributed by atoms with Crippen LogP contribution in [-0.4, -0.2) is 53.3 Å². The largest absolute Gasteiger partial charge is 0.541 e. The van der Waals surface area contributed by atoms with Crippen molar-refractivity contribution in [1.29, 1.82) is 0 Å². The molecule has 2 aromatic rings. The van der Waals surface area contributed by atoms with Crippen LogP contribution in [0.2, 0.25) is 36.3 Å². The number of hydrogen-bond acceptors (Lipinski definition) is 6. The second-order valence-corrected chi connectivity index (χ2v) is 23.9. The van der Waals surface area contributed by atoms with Crippen molar-refractivity contribution in [1.82, 2.24) is 4.90 Å². The molecule has 1 fully saturated rings. The molecule has 0 N–H and O–H groups in total. The standard InChI is InChI=1S/C34H51NO6Si2/c1-13-27(31(36)35-26(23-39-32(35)37)21-24-17-15-14-16-18-24)30(41-43(11,12)34(5,6)7)25-19-20-28(29(22-25)38-8)40-42(9,10)33(2,3)4/h13-20,22,26-27,30H,1,21,23H2,2-12H3/t26-,27-,30+/m0/s1. The molecule has 9 heteroatoms. The van der Waals surface area contributed by atoms with E-state index in [9.17, 15) is 9.59 Å². The maximum absolute atomic E-state index is 14.3. The molecule has 2 amide bonds. The Hall–Kier alpha value is -2.89. The Kier molecular flexibility index (Phi) is 10.5. The average Bonchev–Trinajstić information content (AvgIpc) is 3.27. The molecule has 0 bridgehead atoms. The van der Waals surface area contributed by atoms with Gasteiger partial charge in [-0.25, -0.2) is 9.69 Å². The monoisotopic (exact) mass is 625 g/mol. The van der Waals surface area contributed by atoms with Gasteiger partial charge in [-0.3, -0.25) is 4.79 Å². The third kappa shape index (κ3) is 7.80. The summed E-state index contributed by atoms with van der Waals surface area (Å²) in [6.07, 6.45) is 0.758. The lowest BCUT2D eigenvalue weighted by molar-refractivity contribution is -0.134. The summed E-state index contributed by atoms with van der Waals surface area (Å²) in [4.78, 5) is 28.5. The van der Waals surface area contributed by atoms with E-state index in [4.69, 9.17) is 18.3 Å². The average molecular weight is 626 g/mol. The molecule has 43 heavy (non-hydrogen) atoms. The van der Waals surface area contributed by atoms with Gasteiger partial charge in [-0.05, 0) is 65.9 Å². The zero-order valence-electron chi connectivity index (χ0n) is 27.9. The Morgan fingerprint density at radius 3 is 2.14 bits per heavy atom.